The Morgan fingerprint density at radius 3 is 2.70 bits per heavy atom. The van der Waals surface area contributed by atoms with Crippen molar-refractivity contribution in [1.29, 1.82) is 5.41 Å². The molecule has 2 N–H and O–H groups in total. The van der Waals surface area contributed by atoms with Crippen LogP contribution in [0.4, 0.5) is 0 Å². The molecule has 0 saturated heterocycles. The van der Waals surface area contributed by atoms with E-state index in [-0.39, 0.29) is 0 Å². The van der Waals surface area contributed by atoms with E-state index in [9.17, 15) is 0 Å². The average molecular weight is 445 g/mol. The second-order valence-electron chi connectivity index (χ2n) is 10.9. The van der Waals surface area contributed by atoms with E-state index >= 15 is 0 Å². The molecule has 4 aliphatic carbocycles. The molecule has 2 heteroatoms. The number of benzene rings is 1. The van der Waals surface area contributed by atoms with Crippen LogP contribution in [0.1, 0.15) is 94.2 Å². The van der Waals surface area contributed by atoms with Gasteiger partial charge in [0.15, 0.2) is 0 Å². The van der Waals surface area contributed by atoms with Crippen molar-refractivity contribution in [3.63, 3.8) is 0 Å². The maximum atomic E-state index is 7.80. The molecule has 0 aromatic heterocycles. The van der Waals surface area contributed by atoms with E-state index in [4.69, 9.17) is 5.41 Å². The molecule has 5 rings (SSSR count). The first kappa shape index (κ1) is 24.2. The van der Waals surface area contributed by atoms with Gasteiger partial charge in [-0.1, -0.05) is 62.8 Å². The summed E-state index contributed by atoms with van der Waals surface area (Å²) in [6.45, 7) is 9.64. The van der Waals surface area contributed by atoms with Crippen molar-refractivity contribution in [2.75, 3.05) is 13.6 Å². The van der Waals surface area contributed by atoms with Gasteiger partial charge >= 0.3 is 0 Å². The summed E-state index contributed by atoms with van der Waals surface area (Å²) in [4.78, 5) is 0. The van der Waals surface area contributed by atoms with Gasteiger partial charge < -0.3 is 10.7 Å². The van der Waals surface area contributed by atoms with Crippen molar-refractivity contribution in [2.45, 2.75) is 77.6 Å². The van der Waals surface area contributed by atoms with Gasteiger partial charge in [0.2, 0.25) is 0 Å². The van der Waals surface area contributed by atoms with Crippen molar-refractivity contribution in [2.24, 2.45) is 23.2 Å². The van der Waals surface area contributed by atoms with Gasteiger partial charge in [-0.3, -0.25) is 0 Å². The average Bonchev–Trinajstić information content (AvgIpc) is 3.23. The van der Waals surface area contributed by atoms with Crippen LogP contribution in [0, 0.1) is 28.6 Å². The molecule has 4 unspecified atom stereocenters. The first-order valence-corrected chi connectivity index (χ1v) is 13.4. The number of rotatable bonds is 4. The molecular formula is C31H44N2. The minimum atomic E-state index is 0.368. The molecule has 0 radical (unpaired) electrons. The van der Waals surface area contributed by atoms with Gasteiger partial charge in [-0.15, -0.1) is 0 Å². The lowest BCUT2D eigenvalue weighted by Crippen LogP contribution is -2.35. The van der Waals surface area contributed by atoms with Gasteiger partial charge in [0, 0.05) is 6.21 Å². The minimum Gasteiger partial charge on any atom is -0.320 e. The van der Waals surface area contributed by atoms with E-state index in [1.165, 1.54) is 69.6 Å². The summed E-state index contributed by atoms with van der Waals surface area (Å²) in [7, 11) is 1.93. The fourth-order valence-electron chi connectivity index (χ4n) is 7.30. The van der Waals surface area contributed by atoms with Gasteiger partial charge in [-0.2, -0.15) is 0 Å². The Morgan fingerprint density at radius 1 is 1.15 bits per heavy atom. The maximum Gasteiger partial charge on any atom is 0.0256 e. The van der Waals surface area contributed by atoms with Crippen molar-refractivity contribution in [1.82, 2.24) is 5.32 Å². The molecule has 2 fully saturated rings. The summed E-state index contributed by atoms with van der Waals surface area (Å²) in [5, 5.41) is 10.7. The Morgan fingerprint density at radius 2 is 1.97 bits per heavy atom. The summed E-state index contributed by atoms with van der Waals surface area (Å²) in [5.74, 6) is 3.08. The van der Waals surface area contributed by atoms with Gasteiger partial charge in [-0.05, 0) is 122 Å². The Hall–Kier alpha value is -1.93. The van der Waals surface area contributed by atoms with Crippen LogP contribution in [-0.2, 0) is 0 Å². The van der Waals surface area contributed by atoms with Gasteiger partial charge in [0.1, 0.15) is 0 Å². The maximum absolute atomic E-state index is 7.80. The summed E-state index contributed by atoms with van der Waals surface area (Å²) < 4.78 is 0. The molecule has 0 aliphatic heterocycles. The predicted molar refractivity (Wildman–Crippen MR) is 143 cm³/mol. The Labute approximate surface area is 202 Å². The van der Waals surface area contributed by atoms with Crippen LogP contribution in [0.3, 0.4) is 0 Å². The Kier molecular flexibility index (Phi) is 7.74. The topological polar surface area (TPSA) is 35.9 Å². The van der Waals surface area contributed by atoms with Crippen LogP contribution in [0.2, 0.25) is 0 Å². The van der Waals surface area contributed by atoms with Crippen molar-refractivity contribution >= 4 is 12.3 Å². The predicted octanol–water partition coefficient (Wildman–Crippen LogP) is 7.91. The lowest BCUT2D eigenvalue weighted by Gasteiger charge is -2.44. The Bertz CT molecular complexity index is 921. The highest BCUT2D eigenvalue weighted by Gasteiger charge is 2.50. The molecule has 0 spiro atoms. The van der Waals surface area contributed by atoms with Crippen LogP contribution in [0.15, 0.2) is 48.1 Å². The number of hydrogen-bond acceptors (Lipinski definition) is 2. The molecule has 4 aliphatic rings. The SMILES string of the molecule is C=Cc1ccc(C2CCC3C2CC=C2C=C4CCCCC4CC[C@@]23C)cc1C=N.CCNC. The first-order valence-electron chi connectivity index (χ1n) is 13.4. The fourth-order valence-corrected chi connectivity index (χ4v) is 7.30. The zero-order chi connectivity index (χ0) is 23.4. The third kappa shape index (κ3) is 4.69. The molecule has 178 valence electrons. The summed E-state index contributed by atoms with van der Waals surface area (Å²) in [6, 6.07) is 6.74. The number of fused-ring (bicyclic) bond motifs is 4. The zero-order valence-corrected chi connectivity index (χ0v) is 21.1. The number of hydrogen-bond donors (Lipinski definition) is 2. The van der Waals surface area contributed by atoms with Crippen LogP contribution in [0.5, 0.6) is 0 Å². The molecule has 5 atom stereocenters. The van der Waals surface area contributed by atoms with Gasteiger partial charge in [-0.25, -0.2) is 0 Å². The number of allylic oxidation sites excluding steroid dienone is 4. The summed E-state index contributed by atoms with van der Waals surface area (Å²) >= 11 is 0. The monoisotopic (exact) mass is 444 g/mol. The lowest BCUT2D eigenvalue weighted by molar-refractivity contribution is 0.147. The smallest absolute Gasteiger partial charge is 0.0256 e. The van der Waals surface area contributed by atoms with Crippen LogP contribution in [0.25, 0.3) is 6.08 Å². The van der Waals surface area contributed by atoms with Crippen LogP contribution >= 0.6 is 0 Å². The van der Waals surface area contributed by atoms with E-state index in [1.54, 1.807) is 11.1 Å². The molecule has 1 aromatic rings. The first-order chi connectivity index (χ1) is 16.0. The summed E-state index contributed by atoms with van der Waals surface area (Å²) in [6.07, 6.45) is 20.9. The standard InChI is InChI=1S/C28H35N.C3H9N/c1-3-19-8-9-22(16-23(19)18-29)25-12-13-27-26(25)11-10-24-17-21-7-5-4-6-20(21)14-15-28(24,27)2;1-3-4-2/h3,8-10,16-18,20,25-27,29H,1,4-7,11-15H2,2H3;4H,3H2,1-2H3/t20?,25?,26?,27?,28-;/m0./s1. The van der Waals surface area contributed by atoms with Crippen molar-refractivity contribution in [3.05, 3.63) is 64.8 Å². The highest BCUT2D eigenvalue weighted by Crippen LogP contribution is 2.61. The summed E-state index contributed by atoms with van der Waals surface area (Å²) in [5.41, 5.74) is 7.36. The molecule has 2 saturated carbocycles. The van der Waals surface area contributed by atoms with E-state index < -0.39 is 0 Å². The molecule has 1 aromatic carbocycles. The normalized spacial score (nSPS) is 32.6. The molecule has 0 heterocycles. The van der Waals surface area contributed by atoms with E-state index in [1.807, 2.05) is 13.1 Å². The quantitative estimate of drug-likeness (QED) is 0.455. The van der Waals surface area contributed by atoms with E-state index in [0.717, 1.165) is 35.4 Å². The third-order valence-electron chi connectivity index (χ3n) is 9.32. The molecule has 33 heavy (non-hydrogen) atoms. The zero-order valence-electron chi connectivity index (χ0n) is 21.1. The second kappa shape index (κ2) is 10.6. The van der Waals surface area contributed by atoms with Gasteiger partial charge in [0.05, 0.1) is 0 Å². The van der Waals surface area contributed by atoms with Crippen LogP contribution < -0.4 is 5.32 Å². The highest BCUT2D eigenvalue weighted by atomic mass is 14.8. The van der Waals surface area contributed by atoms with E-state index in [0.29, 0.717) is 11.3 Å². The lowest BCUT2D eigenvalue weighted by atomic mass is 9.60. The highest BCUT2D eigenvalue weighted by molar-refractivity contribution is 5.83. The second-order valence-corrected chi connectivity index (χ2v) is 10.9. The van der Waals surface area contributed by atoms with Crippen LogP contribution in [-0.4, -0.2) is 19.8 Å². The van der Waals surface area contributed by atoms with Crippen molar-refractivity contribution in [3.8, 4) is 0 Å². The van der Waals surface area contributed by atoms with Crippen molar-refractivity contribution < 1.29 is 0 Å². The fraction of sp³-hybridized carbons (Fsp3) is 0.581. The Balaban J connectivity index is 0.000000601. The molecule has 0 amide bonds. The van der Waals surface area contributed by atoms with Gasteiger partial charge in [0.25, 0.3) is 0 Å². The minimum absolute atomic E-state index is 0.368. The third-order valence-corrected chi connectivity index (χ3v) is 9.32. The number of nitrogens with one attached hydrogen (secondary N) is 2. The molecular weight excluding hydrogens is 400 g/mol. The largest absolute Gasteiger partial charge is 0.320 e. The van der Waals surface area contributed by atoms with E-state index in [2.05, 4.69) is 56.1 Å². The molecule has 0 bridgehead atoms. The molecule has 2 nitrogen and oxygen atoms in total.